The lowest BCUT2D eigenvalue weighted by Crippen LogP contribution is -2.35. The lowest BCUT2D eigenvalue weighted by atomic mass is 10.1. The highest BCUT2D eigenvalue weighted by molar-refractivity contribution is 5.97. The van der Waals surface area contributed by atoms with Gasteiger partial charge in [0.25, 0.3) is 5.91 Å². The molecule has 5 nitrogen and oxygen atoms in total. The Labute approximate surface area is 120 Å². The Bertz CT molecular complexity index is 646. The summed E-state index contributed by atoms with van der Waals surface area (Å²) in [5.41, 5.74) is 0.310. The van der Waals surface area contributed by atoms with E-state index in [2.05, 4.69) is 15.0 Å². The van der Waals surface area contributed by atoms with Crippen LogP contribution in [0.5, 0.6) is 0 Å². The van der Waals surface area contributed by atoms with Crippen LogP contribution in [-0.2, 0) is 9.53 Å². The van der Waals surface area contributed by atoms with Crippen LogP contribution >= 0.6 is 0 Å². The lowest BCUT2D eigenvalue weighted by Gasteiger charge is -2.16. The number of carbonyl (C=O) groups is 2. The van der Waals surface area contributed by atoms with Crippen molar-refractivity contribution in [3.05, 3.63) is 65.7 Å². The smallest absolute Gasteiger partial charge is 0.333 e. The van der Waals surface area contributed by atoms with Crippen LogP contribution in [-0.4, -0.2) is 24.0 Å². The van der Waals surface area contributed by atoms with Crippen LogP contribution in [0.3, 0.4) is 0 Å². The average Bonchev–Trinajstić information content (AvgIpc) is 2.53. The molecule has 0 saturated heterocycles. The molecular formula is C15H13FN2O3. The highest BCUT2D eigenvalue weighted by Gasteiger charge is 2.25. The number of esters is 1. The van der Waals surface area contributed by atoms with Crippen molar-refractivity contribution in [3.8, 4) is 0 Å². The molecule has 0 radical (unpaired) electrons. The molecule has 1 N–H and O–H groups in total. The van der Waals surface area contributed by atoms with Gasteiger partial charge in [-0.3, -0.25) is 4.79 Å². The Morgan fingerprint density at radius 3 is 2.52 bits per heavy atom. The minimum atomic E-state index is -1.01. The molecule has 2 aromatic rings. The fraction of sp³-hybridized carbons (Fsp3) is 0.133. The third kappa shape index (κ3) is 3.42. The molecule has 1 amide bonds. The number of hydrogen-bond acceptors (Lipinski definition) is 4. The standard InChI is InChI=1S/C15H13FN2O3/c1-21-15(20)12(10-6-3-2-4-7-10)18-14(19)11-8-5-9-17-13(11)16/h2-9,12H,1H3,(H,18,19). The summed E-state index contributed by atoms with van der Waals surface area (Å²) in [4.78, 5) is 27.3. The van der Waals surface area contributed by atoms with E-state index < -0.39 is 23.9 Å². The Kier molecular flexibility index (Phi) is 4.61. The van der Waals surface area contributed by atoms with Crippen molar-refractivity contribution in [2.45, 2.75) is 6.04 Å². The van der Waals surface area contributed by atoms with Gasteiger partial charge in [0.1, 0.15) is 0 Å². The van der Waals surface area contributed by atoms with E-state index in [1.165, 1.54) is 25.4 Å². The number of hydrogen-bond donors (Lipinski definition) is 1. The second-order valence-electron chi connectivity index (χ2n) is 4.18. The van der Waals surface area contributed by atoms with Crippen molar-refractivity contribution < 1.29 is 18.7 Å². The molecule has 0 fully saturated rings. The van der Waals surface area contributed by atoms with Crippen LogP contribution in [0.2, 0.25) is 0 Å². The van der Waals surface area contributed by atoms with Crippen LogP contribution in [0.1, 0.15) is 22.0 Å². The van der Waals surface area contributed by atoms with Crippen LogP contribution < -0.4 is 5.32 Å². The van der Waals surface area contributed by atoms with Gasteiger partial charge in [-0.1, -0.05) is 30.3 Å². The lowest BCUT2D eigenvalue weighted by molar-refractivity contribution is -0.143. The van der Waals surface area contributed by atoms with E-state index in [0.717, 1.165) is 0 Å². The normalized spacial score (nSPS) is 11.5. The fourth-order valence-electron chi connectivity index (χ4n) is 1.81. The van der Waals surface area contributed by atoms with Gasteiger partial charge in [-0.15, -0.1) is 0 Å². The van der Waals surface area contributed by atoms with Crippen molar-refractivity contribution in [1.29, 1.82) is 0 Å². The predicted octanol–water partition coefficient (Wildman–Crippen LogP) is 1.86. The Morgan fingerprint density at radius 2 is 1.90 bits per heavy atom. The van der Waals surface area contributed by atoms with Crippen molar-refractivity contribution in [2.24, 2.45) is 0 Å². The average molecular weight is 288 g/mol. The summed E-state index contributed by atoms with van der Waals surface area (Å²) >= 11 is 0. The number of aromatic nitrogens is 1. The Balaban J connectivity index is 2.26. The second-order valence-corrected chi connectivity index (χ2v) is 4.18. The first-order chi connectivity index (χ1) is 10.1. The maximum absolute atomic E-state index is 13.5. The van der Waals surface area contributed by atoms with Gasteiger partial charge in [-0.05, 0) is 17.7 Å². The van der Waals surface area contributed by atoms with Crippen molar-refractivity contribution in [3.63, 3.8) is 0 Å². The highest BCUT2D eigenvalue weighted by Crippen LogP contribution is 2.15. The van der Waals surface area contributed by atoms with E-state index in [-0.39, 0.29) is 5.56 Å². The maximum atomic E-state index is 13.5. The topological polar surface area (TPSA) is 68.3 Å². The van der Waals surface area contributed by atoms with Gasteiger partial charge in [-0.2, -0.15) is 4.39 Å². The number of rotatable bonds is 4. The summed E-state index contributed by atoms with van der Waals surface area (Å²) in [5.74, 6) is -2.27. The van der Waals surface area contributed by atoms with Gasteiger partial charge < -0.3 is 10.1 Å². The number of carbonyl (C=O) groups excluding carboxylic acids is 2. The van der Waals surface area contributed by atoms with Crippen LogP contribution in [0.4, 0.5) is 4.39 Å². The number of nitrogens with zero attached hydrogens (tertiary/aromatic N) is 1. The highest BCUT2D eigenvalue weighted by atomic mass is 19.1. The molecule has 1 aromatic heterocycles. The number of ether oxygens (including phenoxy) is 1. The number of pyridine rings is 1. The summed E-state index contributed by atoms with van der Waals surface area (Å²) in [6.07, 6.45) is 1.24. The zero-order chi connectivity index (χ0) is 15.2. The maximum Gasteiger partial charge on any atom is 0.333 e. The number of methoxy groups -OCH3 is 1. The molecule has 1 heterocycles. The molecule has 0 aliphatic rings. The predicted molar refractivity (Wildman–Crippen MR) is 72.9 cm³/mol. The van der Waals surface area contributed by atoms with E-state index >= 15 is 0 Å². The zero-order valence-corrected chi connectivity index (χ0v) is 11.2. The van der Waals surface area contributed by atoms with E-state index in [1.54, 1.807) is 30.3 Å². The van der Waals surface area contributed by atoms with E-state index in [0.29, 0.717) is 5.56 Å². The number of halogens is 1. The summed E-state index contributed by atoms with van der Waals surface area (Å²) in [7, 11) is 1.22. The molecule has 21 heavy (non-hydrogen) atoms. The summed E-state index contributed by atoms with van der Waals surface area (Å²) in [5, 5.41) is 2.45. The molecule has 0 aliphatic heterocycles. The molecule has 108 valence electrons. The molecule has 6 heteroatoms. The zero-order valence-electron chi connectivity index (χ0n) is 11.2. The van der Waals surface area contributed by atoms with Gasteiger partial charge in [-0.25, -0.2) is 9.78 Å². The fourth-order valence-corrected chi connectivity index (χ4v) is 1.81. The third-order valence-corrected chi connectivity index (χ3v) is 2.85. The van der Waals surface area contributed by atoms with Gasteiger partial charge in [0.05, 0.1) is 12.7 Å². The molecule has 0 aliphatic carbocycles. The summed E-state index contributed by atoms with van der Waals surface area (Å²) < 4.78 is 18.2. The minimum Gasteiger partial charge on any atom is -0.467 e. The quantitative estimate of drug-likeness (QED) is 0.689. The van der Waals surface area contributed by atoms with Crippen molar-refractivity contribution in [1.82, 2.24) is 10.3 Å². The summed E-state index contributed by atoms with van der Waals surface area (Å²) in [6.45, 7) is 0. The van der Waals surface area contributed by atoms with Gasteiger partial charge >= 0.3 is 5.97 Å². The monoisotopic (exact) mass is 288 g/mol. The molecule has 0 bridgehead atoms. The molecule has 0 saturated carbocycles. The first-order valence-electron chi connectivity index (χ1n) is 6.17. The Hall–Kier alpha value is -2.76. The molecular weight excluding hydrogens is 275 g/mol. The van der Waals surface area contributed by atoms with E-state index in [1.807, 2.05) is 0 Å². The van der Waals surface area contributed by atoms with Gasteiger partial charge in [0.15, 0.2) is 6.04 Å². The van der Waals surface area contributed by atoms with Crippen molar-refractivity contribution >= 4 is 11.9 Å². The first-order valence-corrected chi connectivity index (χ1v) is 6.17. The van der Waals surface area contributed by atoms with Crippen LogP contribution in [0.25, 0.3) is 0 Å². The second kappa shape index (κ2) is 6.60. The Morgan fingerprint density at radius 1 is 1.19 bits per heavy atom. The number of nitrogens with one attached hydrogen (secondary N) is 1. The molecule has 1 unspecified atom stereocenters. The third-order valence-electron chi connectivity index (χ3n) is 2.85. The van der Waals surface area contributed by atoms with E-state index in [9.17, 15) is 14.0 Å². The van der Waals surface area contributed by atoms with Gasteiger partial charge in [0, 0.05) is 6.20 Å². The number of benzene rings is 1. The number of amides is 1. The molecule has 0 spiro atoms. The summed E-state index contributed by atoms with van der Waals surface area (Å²) in [6, 6.07) is 10.3. The SMILES string of the molecule is COC(=O)C(NC(=O)c1cccnc1F)c1ccccc1. The largest absolute Gasteiger partial charge is 0.467 e. The minimum absolute atomic E-state index is 0.234. The molecule has 1 atom stereocenters. The molecule has 1 aromatic carbocycles. The van der Waals surface area contributed by atoms with Crippen molar-refractivity contribution in [2.75, 3.05) is 7.11 Å². The first kappa shape index (κ1) is 14.6. The molecule has 2 rings (SSSR count). The van der Waals surface area contributed by atoms with Gasteiger partial charge in [0.2, 0.25) is 5.95 Å². The van der Waals surface area contributed by atoms with E-state index in [4.69, 9.17) is 0 Å². The van der Waals surface area contributed by atoms with Crippen LogP contribution in [0.15, 0.2) is 48.7 Å². The van der Waals surface area contributed by atoms with Crippen LogP contribution in [0, 0.1) is 5.95 Å².